The number of para-hydroxylation sites is 2. The predicted octanol–water partition coefficient (Wildman–Crippen LogP) is 5.13. The summed E-state index contributed by atoms with van der Waals surface area (Å²) in [5.41, 5.74) is 1.50. The lowest BCUT2D eigenvalue weighted by molar-refractivity contribution is 0.716. The Labute approximate surface area is 254 Å². The summed E-state index contributed by atoms with van der Waals surface area (Å²) < 4.78 is 0. The number of aliphatic imine (C=N–C) groups is 1. The smallest absolute Gasteiger partial charge is 0.241 e. The van der Waals surface area contributed by atoms with Crippen LogP contribution in [0.4, 0.5) is 47.1 Å². The van der Waals surface area contributed by atoms with E-state index in [9.17, 15) is 0 Å². The van der Waals surface area contributed by atoms with Crippen molar-refractivity contribution in [3.63, 3.8) is 0 Å². The topological polar surface area (TPSA) is 141 Å². The van der Waals surface area contributed by atoms with Gasteiger partial charge in [0.25, 0.3) is 0 Å². The Morgan fingerprint density at radius 2 is 1.07 bits per heavy atom. The van der Waals surface area contributed by atoms with Crippen molar-refractivity contribution in [3.05, 3.63) is 91.9 Å². The van der Waals surface area contributed by atoms with Crippen LogP contribution in [0.25, 0.3) is 0 Å². The number of hydrogen-bond acceptors (Lipinski definition) is 14. The zero-order valence-electron chi connectivity index (χ0n) is 24.7. The van der Waals surface area contributed by atoms with Crippen LogP contribution in [-0.2, 0) is 0 Å². The minimum atomic E-state index is -0.389. The van der Waals surface area contributed by atoms with Crippen molar-refractivity contribution in [2.24, 2.45) is 4.99 Å². The van der Waals surface area contributed by atoms with E-state index in [1.165, 1.54) is 19.0 Å². The summed E-state index contributed by atoms with van der Waals surface area (Å²) in [6, 6.07) is 19.3. The van der Waals surface area contributed by atoms with Gasteiger partial charge in [-0.2, -0.15) is 15.0 Å². The molecule has 0 N–H and O–H groups in total. The van der Waals surface area contributed by atoms with Gasteiger partial charge in [0.1, 0.15) is 31.0 Å². The van der Waals surface area contributed by atoms with Crippen LogP contribution in [0.3, 0.4) is 0 Å². The molecule has 0 amide bonds. The van der Waals surface area contributed by atoms with E-state index in [0.717, 1.165) is 11.4 Å². The fourth-order valence-electron chi connectivity index (χ4n) is 4.75. The van der Waals surface area contributed by atoms with Gasteiger partial charge >= 0.3 is 0 Å². The molecule has 0 saturated carbocycles. The Bertz CT molecular complexity index is 1780. The quantitative estimate of drug-likeness (QED) is 0.275. The maximum Gasteiger partial charge on any atom is 0.241 e. The summed E-state index contributed by atoms with van der Waals surface area (Å²) in [6.07, 6.45) is 7.79. The van der Waals surface area contributed by atoms with Gasteiger partial charge in [0.15, 0.2) is 0 Å². The molecule has 0 spiro atoms. The summed E-state index contributed by atoms with van der Waals surface area (Å²) in [5, 5.41) is 0. The Hall–Kier alpha value is -5.92. The van der Waals surface area contributed by atoms with Crippen molar-refractivity contribution < 1.29 is 0 Å². The Balaban J connectivity index is 1.64. The van der Waals surface area contributed by atoms with Crippen LogP contribution >= 0.6 is 0 Å². The average molecular weight is 587 g/mol. The van der Waals surface area contributed by atoms with Crippen LogP contribution in [0.5, 0.6) is 0 Å². The molecule has 5 aromatic rings. The highest BCUT2D eigenvalue weighted by atomic mass is 15.4. The Kier molecular flexibility index (Phi) is 8.03. The molecule has 14 heteroatoms. The first-order valence-corrected chi connectivity index (χ1v) is 14.1. The maximum absolute atomic E-state index is 4.99. The summed E-state index contributed by atoms with van der Waals surface area (Å²) in [7, 11) is 0. The second kappa shape index (κ2) is 12.5. The molecule has 1 unspecified atom stereocenters. The van der Waals surface area contributed by atoms with Crippen LogP contribution in [-0.4, -0.2) is 63.4 Å². The molecule has 3 aromatic heterocycles. The molecule has 6 bridgehead atoms. The van der Waals surface area contributed by atoms with E-state index in [2.05, 4.69) is 29.9 Å². The van der Waals surface area contributed by atoms with E-state index in [1.54, 1.807) is 9.80 Å². The lowest BCUT2D eigenvalue weighted by Gasteiger charge is -2.28. The van der Waals surface area contributed by atoms with E-state index in [0.29, 0.717) is 42.1 Å². The van der Waals surface area contributed by atoms with Crippen molar-refractivity contribution in [1.29, 1.82) is 0 Å². The first-order chi connectivity index (χ1) is 21.6. The third-order valence-corrected chi connectivity index (χ3v) is 6.73. The van der Waals surface area contributed by atoms with E-state index in [4.69, 9.17) is 19.9 Å². The number of hydrogen-bond donors (Lipinski definition) is 0. The molecule has 0 radical (unpaired) electrons. The lowest BCUT2D eigenvalue weighted by atomic mass is 10.3. The highest BCUT2D eigenvalue weighted by molar-refractivity contribution is 5.94. The summed E-state index contributed by atoms with van der Waals surface area (Å²) in [4.78, 5) is 54.1. The molecule has 4 heterocycles. The summed E-state index contributed by atoms with van der Waals surface area (Å²) >= 11 is 0. The summed E-state index contributed by atoms with van der Waals surface area (Å²) in [6.45, 7) is 8.39. The van der Waals surface area contributed by atoms with E-state index >= 15 is 0 Å². The third-order valence-electron chi connectivity index (χ3n) is 6.73. The maximum atomic E-state index is 4.99. The van der Waals surface area contributed by atoms with Crippen molar-refractivity contribution in [2.75, 3.05) is 26.1 Å². The zero-order valence-corrected chi connectivity index (χ0v) is 24.7. The van der Waals surface area contributed by atoms with Crippen LogP contribution in [0.1, 0.15) is 27.7 Å². The molecule has 1 aliphatic heterocycles. The van der Waals surface area contributed by atoms with Gasteiger partial charge in [-0.3, -0.25) is 9.80 Å². The first kappa shape index (κ1) is 28.2. The van der Waals surface area contributed by atoms with Crippen molar-refractivity contribution in [3.8, 4) is 0 Å². The highest BCUT2D eigenvalue weighted by Crippen LogP contribution is 2.34. The molecule has 1 atom stereocenters. The van der Waals surface area contributed by atoms with Crippen molar-refractivity contribution in [2.45, 2.75) is 33.9 Å². The molecule has 44 heavy (non-hydrogen) atoms. The average Bonchev–Trinajstić information content (AvgIpc) is 3.05. The fourth-order valence-corrected chi connectivity index (χ4v) is 4.75. The zero-order chi connectivity index (χ0) is 30.5. The van der Waals surface area contributed by atoms with E-state index < -0.39 is 0 Å². The van der Waals surface area contributed by atoms with Crippen LogP contribution < -0.4 is 19.6 Å². The van der Waals surface area contributed by atoms with Gasteiger partial charge in [-0.05, 0) is 52.0 Å². The Morgan fingerprint density at radius 3 is 1.55 bits per heavy atom. The molecule has 0 aliphatic carbocycles. The first-order valence-electron chi connectivity index (χ1n) is 14.1. The Morgan fingerprint density at radius 1 is 0.636 bits per heavy atom. The van der Waals surface area contributed by atoms with Gasteiger partial charge in [-0.15, -0.1) is 0 Å². The van der Waals surface area contributed by atoms with Gasteiger partial charge in [0, 0.05) is 12.7 Å². The fraction of sp³-hybridized carbons (Fsp3) is 0.200. The minimum absolute atomic E-state index is 0.287. The number of anilines is 8. The van der Waals surface area contributed by atoms with Gasteiger partial charge < -0.3 is 0 Å². The number of amidine groups is 1. The van der Waals surface area contributed by atoms with Gasteiger partial charge in [0.2, 0.25) is 35.7 Å². The largest absolute Gasteiger partial charge is 0.299 e. The molecular formula is C30H30N14. The van der Waals surface area contributed by atoms with Gasteiger partial charge in [-0.25, -0.2) is 44.7 Å². The number of benzene rings is 2. The van der Waals surface area contributed by atoms with Crippen LogP contribution in [0, 0.1) is 0 Å². The standard InChI is InChI=1S/C30H30N14/c1-5-17-42-22(4)37-21(3)41(6-2)25-31-18-33-27(38-25)43(23-13-9-7-10-14-23)29-35-20-36-30(40-29)44(24-15-11-8-12-16-24)28-34-19-32-26(42)39-28/h5,7-20,22H,6H2,1-4H3. The summed E-state index contributed by atoms with van der Waals surface area (Å²) in [5.74, 6) is 2.75. The van der Waals surface area contributed by atoms with Gasteiger partial charge in [0.05, 0.1) is 11.4 Å². The third kappa shape index (κ3) is 5.60. The van der Waals surface area contributed by atoms with Crippen molar-refractivity contribution >= 4 is 52.9 Å². The number of aromatic nitrogens is 9. The normalized spacial score (nSPS) is 15.5. The van der Waals surface area contributed by atoms with E-state index in [1.807, 2.05) is 110 Å². The highest BCUT2D eigenvalue weighted by Gasteiger charge is 2.26. The number of rotatable bonds is 4. The van der Waals surface area contributed by atoms with E-state index in [-0.39, 0.29) is 12.1 Å². The van der Waals surface area contributed by atoms with Crippen molar-refractivity contribution in [1.82, 2.24) is 44.9 Å². The predicted molar refractivity (Wildman–Crippen MR) is 169 cm³/mol. The molecule has 1 aliphatic rings. The molecule has 220 valence electrons. The number of fused-ring (bicyclic) bond motifs is 6. The SMILES string of the molecule is CC=CN1c2ncnc(n2)N(c2ccccc2)c2ncnc(n2)N(c2ccccc2)c2ncnc(n2)N(CC)C(C)=NC1C. The number of allylic oxidation sites excluding steroid dienone is 1. The second-order valence-electron chi connectivity index (χ2n) is 9.54. The monoisotopic (exact) mass is 586 g/mol. The lowest BCUT2D eigenvalue weighted by Crippen LogP contribution is -2.35. The minimum Gasteiger partial charge on any atom is -0.299 e. The molecule has 0 fully saturated rings. The van der Waals surface area contributed by atoms with Crippen LogP contribution in [0.15, 0.2) is 96.9 Å². The molecule has 0 saturated heterocycles. The molecule has 2 aromatic carbocycles. The second-order valence-corrected chi connectivity index (χ2v) is 9.54. The van der Waals surface area contributed by atoms with Gasteiger partial charge in [-0.1, -0.05) is 42.5 Å². The molecule has 6 rings (SSSR count). The number of nitrogens with zero attached hydrogens (tertiary/aromatic N) is 14. The molecular weight excluding hydrogens is 556 g/mol. The molecule has 14 nitrogen and oxygen atoms in total. The van der Waals surface area contributed by atoms with Crippen LogP contribution in [0.2, 0.25) is 0 Å².